The number of rotatable bonds is 3. The van der Waals surface area contributed by atoms with Gasteiger partial charge >= 0.3 is 0 Å². The maximum Gasteiger partial charge on any atom is 0.131 e. The number of benzene rings is 2. The fourth-order valence-corrected chi connectivity index (χ4v) is 3.39. The second-order valence-corrected chi connectivity index (χ2v) is 6.47. The Morgan fingerprint density at radius 1 is 1.28 bits per heavy atom. The average Bonchev–Trinajstić information content (AvgIpc) is 3.08. The number of hydrogen-bond acceptors (Lipinski definition) is 4. The van der Waals surface area contributed by atoms with Crippen LogP contribution in [0, 0.1) is 12.7 Å². The lowest BCUT2D eigenvalue weighted by Gasteiger charge is -2.17. The minimum Gasteiger partial charge on any atom is -0.488 e. The topological polar surface area (TPSA) is 60.2 Å². The van der Waals surface area contributed by atoms with Gasteiger partial charge in [0.25, 0.3) is 0 Å². The highest BCUT2D eigenvalue weighted by atomic mass is 19.1. The first kappa shape index (κ1) is 15.8. The zero-order valence-electron chi connectivity index (χ0n) is 14.1. The van der Waals surface area contributed by atoms with Gasteiger partial charge in [0.05, 0.1) is 0 Å². The first-order valence-corrected chi connectivity index (χ1v) is 8.44. The molecule has 5 heteroatoms. The van der Waals surface area contributed by atoms with Crippen LogP contribution in [0.15, 0.2) is 42.6 Å². The molecular weight excluding hydrogens is 317 g/mol. The molecule has 0 amide bonds. The average molecular weight is 337 g/mol. The summed E-state index contributed by atoms with van der Waals surface area (Å²) in [5, 5.41) is 5.08. The molecule has 3 aromatic rings. The molecule has 0 aliphatic carbocycles. The van der Waals surface area contributed by atoms with Gasteiger partial charge in [0, 0.05) is 29.1 Å². The second-order valence-electron chi connectivity index (χ2n) is 6.47. The monoisotopic (exact) mass is 337 g/mol. The van der Waals surface area contributed by atoms with Crippen LogP contribution < -0.4 is 15.8 Å². The third-order valence-electron chi connectivity index (χ3n) is 4.64. The second kappa shape index (κ2) is 6.33. The minimum absolute atomic E-state index is 0.106. The number of pyridine rings is 1. The van der Waals surface area contributed by atoms with E-state index in [0.29, 0.717) is 11.4 Å². The van der Waals surface area contributed by atoms with Gasteiger partial charge in [-0.1, -0.05) is 12.1 Å². The van der Waals surface area contributed by atoms with Crippen molar-refractivity contribution in [1.82, 2.24) is 10.3 Å². The van der Waals surface area contributed by atoms with Crippen molar-refractivity contribution >= 4 is 16.6 Å². The molecule has 0 saturated carbocycles. The van der Waals surface area contributed by atoms with Crippen LogP contribution in [0.25, 0.3) is 21.9 Å². The number of nitrogens with zero attached hydrogens (tertiary/aromatic N) is 1. The van der Waals surface area contributed by atoms with Crippen LogP contribution in [0.1, 0.15) is 12.0 Å². The number of fused-ring (bicyclic) bond motifs is 1. The maximum atomic E-state index is 14.5. The summed E-state index contributed by atoms with van der Waals surface area (Å²) in [6.45, 7) is 3.66. The number of ether oxygens (including phenoxy) is 1. The number of anilines is 1. The molecule has 4 rings (SSSR count). The van der Waals surface area contributed by atoms with Crippen LogP contribution >= 0.6 is 0 Å². The van der Waals surface area contributed by atoms with Crippen LogP contribution in [0.2, 0.25) is 0 Å². The summed E-state index contributed by atoms with van der Waals surface area (Å²) in [4.78, 5) is 4.18. The van der Waals surface area contributed by atoms with Gasteiger partial charge in [0.15, 0.2) is 0 Å². The van der Waals surface area contributed by atoms with E-state index in [1.54, 1.807) is 12.3 Å². The Balaban J connectivity index is 1.89. The van der Waals surface area contributed by atoms with E-state index < -0.39 is 0 Å². The van der Waals surface area contributed by atoms with E-state index in [0.717, 1.165) is 47.2 Å². The highest BCUT2D eigenvalue weighted by molar-refractivity contribution is 5.94. The van der Waals surface area contributed by atoms with Crippen LogP contribution in [-0.2, 0) is 0 Å². The largest absolute Gasteiger partial charge is 0.488 e. The molecule has 3 N–H and O–H groups in total. The first-order valence-electron chi connectivity index (χ1n) is 8.44. The number of halogens is 1. The van der Waals surface area contributed by atoms with Crippen LogP contribution in [-0.4, -0.2) is 24.2 Å². The molecule has 2 heterocycles. The maximum absolute atomic E-state index is 14.5. The first-order chi connectivity index (χ1) is 12.1. The van der Waals surface area contributed by atoms with Gasteiger partial charge in [-0.3, -0.25) is 0 Å². The Labute approximate surface area is 145 Å². The molecule has 1 aromatic heterocycles. The van der Waals surface area contributed by atoms with Gasteiger partial charge in [0.1, 0.15) is 23.5 Å². The molecule has 2 aromatic carbocycles. The molecule has 128 valence electrons. The van der Waals surface area contributed by atoms with Gasteiger partial charge in [-0.2, -0.15) is 0 Å². The Kier molecular flexibility index (Phi) is 4.01. The van der Waals surface area contributed by atoms with Crippen molar-refractivity contribution in [1.29, 1.82) is 0 Å². The number of aromatic nitrogens is 1. The summed E-state index contributed by atoms with van der Waals surface area (Å²) in [6, 6.07) is 10.8. The third-order valence-corrected chi connectivity index (χ3v) is 4.64. The fraction of sp³-hybridized carbons (Fsp3) is 0.250. The molecule has 1 aliphatic rings. The van der Waals surface area contributed by atoms with E-state index in [1.165, 1.54) is 6.07 Å². The summed E-state index contributed by atoms with van der Waals surface area (Å²) < 4.78 is 20.7. The van der Waals surface area contributed by atoms with Crippen molar-refractivity contribution in [2.75, 3.05) is 18.8 Å². The standard InChI is InChI=1S/C20H20FN3O/c1-12-3-2-4-17(21)20(12)13-7-14-10-24-19(22)9-16(14)18(8-13)25-15-5-6-23-11-15/h2-4,7-10,15,23H,5-6,11H2,1H3,(H2,22,24)/t15-/m1/s1. The lowest BCUT2D eigenvalue weighted by atomic mass is 9.97. The predicted molar refractivity (Wildman–Crippen MR) is 98.2 cm³/mol. The Morgan fingerprint density at radius 2 is 2.16 bits per heavy atom. The SMILES string of the molecule is Cc1cccc(F)c1-c1cc(O[C@@H]2CCNC2)c2cc(N)ncc2c1. The van der Waals surface area contributed by atoms with Crippen molar-refractivity contribution in [2.24, 2.45) is 0 Å². The van der Waals surface area contributed by atoms with E-state index in [-0.39, 0.29) is 11.9 Å². The predicted octanol–water partition coefficient (Wildman–Crippen LogP) is 3.67. The molecule has 0 unspecified atom stereocenters. The number of nitrogen functional groups attached to an aromatic ring is 1. The lowest BCUT2D eigenvalue weighted by molar-refractivity contribution is 0.226. The van der Waals surface area contributed by atoms with Crippen molar-refractivity contribution in [3.63, 3.8) is 0 Å². The van der Waals surface area contributed by atoms with Gasteiger partial charge in [-0.25, -0.2) is 9.37 Å². The number of nitrogens with one attached hydrogen (secondary N) is 1. The summed E-state index contributed by atoms with van der Waals surface area (Å²) in [5.74, 6) is 0.922. The highest BCUT2D eigenvalue weighted by Crippen LogP contribution is 2.36. The van der Waals surface area contributed by atoms with Gasteiger partial charge < -0.3 is 15.8 Å². The van der Waals surface area contributed by atoms with E-state index in [4.69, 9.17) is 10.5 Å². The van der Waals surface area contributed by atoms with Crippen LogP contribution in [0.4, 0.5) is 10.2 Å². The van der Waals surface area contributed by atoms with E-state index in [1.807, 2.05) is 31.2 Å². The van der Waals surface area contributed by atoms with Crippen LogP contribution in [0.3, 0.4) is 0 Å². The molecule has 0 spiro atoms. The quantitative estimate of drug-likeness (QED) is 0.765. The molecule has 1 atom stereocenters. The Morgan fingerprint density at radius 3 is 2.92 bits per heavy atom. The fourth-order valence-electron chi connectivity index (χ4n) is 3.39. The zero-order valence-corrected chi connectivity index (χ0v) is 14.1. The molecule has 0 bridgehead atoms. The highest BCUT2D eigenvalue weighted by Gasteiger charge is 2.19. The molecule has 1 saturated heterocycles. The van der Waals surface area contributed by atoms with Crippen molar-refractivity contribution < 1.29 is 9.13 Å². The van der Waals surface area contributed by atoms with Gasteiger partial charge in [-0.05, 0) is 55.3 Å². The Hall–Kier alpha value is -2.66. The van der Waals surface area contributed by atoms with Gasteiger partial charge in [0.2, 0.25) is 0 Å². The van der Waals surface area contributed by atoms with E-state index in [2.05, 4.69) is 10.3 Å². The number of hydrogen-bond donors (Lipinski definition) is 2. The summed E-state index contributed by atoms with van der Waals surface area (Å²) in [5.41, 5.74) is 8.13. The summed E-state index contributed by atoms with van der Waals surface area (Å²) in [6.07, 6.45) is 2.77. The van der Waals surface area contributed by atoms with E-state index in [9.17, 15) is 4.39 Å². The molecule has 25 heavy (non-hydrogen) atoms. The van der Waals surface area contributed by atoms with Crippen molar-refractivity contribution in [3.8, 4) is 16.9 Å². The third kappa shape index (κ3) is 3.03. The molecule has 1 aliphatic heterocycles. The summed E-state index contributed by atoms with van der Waals surface area (Å²) in [7, 11) is 0. The number of nitrogens with two attached hydrogens (primary N) is 1. The molecule has 4 nitrogen and oxygen atoms in total. The Bertz CT molecular complexity index is 915. The zero-order chi connectivity index (χ0) is 17.4. The van der Waals surface area contributed by atoms with E-state index >= 15 is 0 Å². The molecule has 1 fully saturated rings. The lowest BCUT2D eigenvalue weighted by Crippen LogP contribution is -2.19. The summed E-state index contributed by atoms with van der Waals surface area (Å²) >= 11 is 0. The smallest absolute Gasteiger partial charge is 0.131 e. The number of aryl methyl sites for hydroxylation is 1. The minimum atomic E-state index is -0.240. The van der Waals surface area contributed by atoms with Gasteiger partial charge in [-0.15, -0.1) is 0 Å². The molecular formula is C20H20FN3O. The van der Waals surface area contributed by atoms with Crippen molar-refractivity contribution in [2.45, 2.75) is 19.4 Å². The van der Waals surface area contributed by atoms with Crippen molar-refractivity contribution in [3.05, 3.63) is 54.0 Å². The normalized spacial score (nSPS) is 17.1. The van der Waals surface area contributed by atoms with Crippen LogP contribution in [0.5, 0.6) is 5.75 Å². The molecule has 0 radical (unpaired) electrons.